The van der Waals surface area contributed by atoms with Crippen LogP contribution in [0, 0.1) is 19.7 Å². The number of halogens is 1. The van der Waals surface area contributed by atoms with Crippen LogP contribution in [0.5, 0.6) is 11.5 Å². The van der Waals surface area contributed by atoms with Crippen molar-refractivity contribution in [2.24, 2.45) is 0 Å². The summed E-state index contributed by atoms with van der Waals surface area (Å²) < 4.78 is 19.9. The number of aliphatic hydroxyl groups is 1. The van der Waals surface area contributed by atoms with Crippen LogP contribution >= 0.6 is 34.4 Å². The van der Waals surface area contributed by atoms with Crippen molar-refractivity contribution in [3.05, 3.63) is 123 Å². The topological polar surface area (TPSA) is 106 Å². The van der Waals surface area contributed by atoms with Gasteiger partial charge in [0.25, 0.3) is 5.91 Å². The molecule has 1 N–H and O–H groups in total. The fourth-order valence-electron chi connectivity index (χ4n) is 4.67. The number of benzene rings is 3. The standard InChI is InChI=1S/C31H23FN4O4S3/c1-17-28(42-18(2)33-17)26(37)24-25(20-7-6-10-23(15-20)40-22-8-4-3-5-9-22)36(29(39)27(24)38)30-34-35-31(43-30)41-16-19-11-13-21(32)14-12-19/h3-15,25,38H,16H2,1-2H3. The lowest BCUT2D eigenvalue weighted by Gasteiger charge is -2.24. The molecule has 0 bridgehead atoms. The minimum Gasteiger partial charge on any atom is -0.503 e. The molecule has 43 heavy (non-hydrogen) atoms. The molecule has 0 spiro atoms. The number of aryl methyl sites for hydroxylation is 2. The number of para-hydroxylation sites is 1. The fourth-order valence-corrected chi connectivity index (χ4v) is 7.37. The summed E-state index contributed by atoms with van der Waals surface area (Å²) in [4.78, 5) is 33.6. The zero-order valence-electron chi connectivity index (χ0n) is 22.9. The Bertz CT molecular complexity index is 1850. The van der Waals surface area contributed by atoms with E-state index in [2.05, 4.69) is 15.2 Å². The molecule has 6 rings (SSSR count). The van der Waals surface area contributed by atoms with Crippen LogP contribution in [0.25, 0.3) is 0 Å². The maximum absolute atomic E-state index is 13.9. The van der Waals surface area contributed by atoms with Crippen molar-refractivity contribution in [1.82, 2.24) is 15.2 Å². The molecule has 0 saturated heterocycles. The third-order valence-electron chi connectivity index (χ3n) is 6.59. The Morgan fingerprint density at radius 2 is 1.74 bits per heavy atom. The van der Waals surface area contributed by atoms with Gasteiger partial charge >= 0.3 is 0 Å². The second-order valence-electron chi connectivity index (χ2n) is 9.57. The number of aromatic nitrogens is 3. The Morgan fingerprint density at radius 1 is 1.00 bits per heavy atom. The minimum absolute atomic E-state index is 0.0654. The smallest absolute Gasteiger partial charge is 0.296 e. The molecule has 1 aliphatic heterocycles. The molecule has 8 nitrogen and oxygen atoms in total. The number of rotatable bonds is 9. The number of aliphatic hydroxyl groups excluding tert-OH is 1. The predicted molar refractivity (Wildman–Crippen MR) is 165 cm³/mol. The molecule has 5 aromatic rings. The quantitative estimate of drug-likeness (QED) is 0.101. The minimum atomic E-state index is -0.996. The highest BCUT2D eigenvalue weighted by Gasteiger charge is 2.47. The summed E-state index contributed by atoms with van der Waals surface area (Å²) in [6.07, 6.45) is 0. The van der Waals surface area contributed by atoms with Crippen LogP contribution in [0.3, 0.4) is 0 Å². The molecule has 12 heteroatoms. The Balaban J connectivity index is 1.37. The average Bonchev–Trinajstić information content (AvgIpc) is 3.68. The van der Waals surface area contributed by atoms with Crippen LogP contribution in [0.15, 0.2) is 94.5 Å². The molecule has 1 atom stereocenters. The molecule has 0 saturated carbocycles. The SMILES string of the molecule is Cc1nc(C)c(C(=O)C2=C(O)C(=O)N(c3nnc(SCc4ccc(F)cc4)s3)C2c2cccc(Oc3ccccc3)c2)s1. The van der Waals surface area contributed by atoms with Gasteiger partial charge in [-0.2, -0.15) is 0 Å². The molecule has 216 valence electrons. The van der Waals surface area contributed by atoms with Crippen LogP contribution in [0.4, 0.5) is 9.52 Å². The van der Waals surface area contributed by atoms with Crippen LogP contribution in [-0.4, -0.2) is 32.0 Å². The van der Waals surface area contributed by atoms with E-state index in [4.69, 9.17) is 4.74 Å². The Kier molecular flexibility index (Phi) is 8.06. The number of anilines is 1. The number of carbonyl (C=O) groups excluding carboxylic acids is 2. The number of carbonyl (C=O) groups is 2. The lowest BCUT2D eigenvalue weighted by molar-refractivity contribution is -0.117. The van der Waals surface area contributed by atoms with Gasteiger partial charge < -0.3 is 9.84 Å². The number of nitrogens with zero attached hydrogens (tertiary/aromatic N) is 4. The zero-order chi connectivity index (χ0) is 30.1. The second kappa shape index (κ2) is 12.1. The fraction of sp³-hybridized carbons (Fsp3) is 0.129. The van der Waals surface area contributed by atoms with Gasteiger partial charge in [0, 0.05) is 5.75 Å². The van der Waals surface area contributed by atoms with Gasteiger partial charge in [0.2, 0.25) is 10.9 Å². The first-order valence-electron chi connectivity index (χ1n) is 13.1. The lowest BCUT2D eigenvalue weighted by atomic mass is 9.95. The van der Waals surface area contributed by atoms with Crippen LogP contribution < -0.4 is 9.64 Å². The highest BCUT2D eigenvalue weighted by atomic mass is 32.2. The van der Waals surface area contributed by atoms with E-state index >= 15 is 0 Å². The first kappa shape index (κ1) is 28.7. The third kappa shape index (κ3) is 5.94. The van der Waals surface area contributed by atoms with Gasteiger partial charge in [-0.25, -0.2) is 9.37 Å². The number of thioether (sulfide) groups is 1. The molecule has 0 aliphatic carbocycles. The number of thiazole rings is 1. The number of hydrogen-bond donors (Lipinski definition) is 1. The van der Waals surface area contributed by atoms with Crippen molar-refractivity contribution < 1.29 is 23.8 Å². The summed E-state index contributed by atoms with van der Waals surface area (Å²) in [5.41, 5.74) is 1.90. The van der Waals surface area contributed by atoms with Crippen LogP contribution in [-0.2, 0) is 10.5 Å². The van der Waals surface area contributed by atoms with Gasteiger partial charge in [0.05, 0.1) is 27.2 Å². The van der Waals surface area contributed by atoms with Crippen molar-refractivity contribution >= 4 is 51.3 Å². The number of ketones is 1. The average molecular weight is 631 g/mol. The molecule has 1 aliphatic rings. The summed E-state index contributed by atoms with van der Waals surface area (Å²) in [7, 11) is 0. The van der Waals surface area contributed by atoms with Crippen molar-refractivity contribution in [3.63, 3.8) is 0 Å². The van der Waals surface area contributed by atoms with Gasteiger partial charge in [0.1, 0.15) is 17.3 Å². The summed E-state index contributed by atoms with van der Waals surface area (Å²) in [5.74, 6) is -0.569. The second-order valence-corrected chi connectivity index (χ2v) is 13.0. The summed E-state index contributed by atoms with van der Waals surface area (Å²) >= 11 is 3.76. The first-order chi connectivity index (χ1) is 20.8. The zero-order valence-corrected chi connectivity index (χ0v) is 25.3. The van der Waals surface area contributed by atoms with E-state index < -0.39 is 23.5 Å². The largest absolute Gasteiger partial charge is 0.503 e. The van der Waals surface area contributed by atoms with Gasteiger partial charge in [0.15, 0.2) is 10.1 Å². The monoisotopic (exact) mass is 630 g/mol. The van der Waals surface area contributed by atoms with Gasteiger partial charge in [-0.1, -0.05) is 65.6 Å². The number of amides is 1. The Morgan fingerprint density at radius 3 is 2.47 bits per heavy atom. The van der Waals surface area contributed by atoms with Crippen molar-refractivity contribution in [1.29, 1.82) is 0 Å². The van der Waals surface area contributed by atoms with Crippen LogP contribution in [0.2, 0.25) is 0 Å². The molecule has 1 amide bonds. The number of ether oxygens (including phenoxy) is 1. The van der Waals surface area contributed by atoms with Gasteiger partial charge in [-0.15, -0.1) is 21.5 Å². The number of Topliss-reactive ketones (excluding diaryl/α,β-unsaturated/α-hetero) is 1. The van der Waals surface area contributed by atoms with E-state index in [0.717, 1.165) is 16.9 Å². The first-order valence-corrected chi connectivity index (χ1v) is 15.7. The number of hydrogen-bond acceptors (Lipinski definition) is 10. The maximum atomic E-state index is 13.9. The summed E-state index contributed by atoms with van der Waals surface area (Å²) in [6, 6.07) is 21.4. The highest BCUT2D eigenvalue weighted by molar-refractivity contribution is 8.00. The molecular formula is C31H23FN4O4S3. The molecule has 3 heterocycles. The maximum Gasteiger partial charge on any atom is 0.296 e. The molecule has 0 radical (unpaired) electrons. The normalized spacial score (nSPS) is 14.9. The van der Waals surface area contributed by atoms with Crippen molar-refractivity contribution in [2.45, 2.75) is 30.0 Å². The summed E-state index contributed by atoms with van der Waals surface area (Å²) in [6.45, 7) is 3.52. The highest BCUT2D eigenvalue weighted by Crippen LogP contribution is 2.45. The summed E-state index contributed by atoms with van der Waals surface area (Å²) in [5, 5.41) is 20.6. The van der Waals surface area contributed by atoms with E-state index in [-0.39, 0.29) is 16.5 Å². The molecule has 0 fully saturated rings. The molecule has 1 unspecified atom stereocenters. The van der Waals surface area contributed by atoms with Crippen molar-refractivity contribution in [3.8, 4) is 11.5 Å². The van der Waals surface area contributed by atoms with Crippen LogP contribution in [0.1, 0.15) is 37.5 Å². The predicted octanol–water partition coefficient (Wildman–Crippen LogP) is 7.62. The molecular weight excluding hydrogens is 608 g/mol. The Labute approximate surface area is 258 Å². The third-order valence-corrected chi connectivity index (χ3v) is 9.79. The van der Waals surface area contributed by atoms with Gasteiger partial charge in [-0.05, 0) is 61.4 Å². The van der Waals surface area contributed by atoms with E-state index in [0.29, 0.717) is 42.7 Å². The molecule has 2 aromatic heterocycles. The lowest BCUT2D eigenvalue weighted by Crippen LogP contribution is -2.31. The van der Waals surface area contributed by atoms with E-state index in [9.17, 15) is 19.1 Å². The van der Waals surface area contributed by atoms with Gasteiger partial charge in [-0.3, -0.25) is 14.5 Å². The van der Waals surface area contributed by atoms with Crippen molar-refractivity contribution in [2.75, 3.05) is 4.90 Å². The molecule has 3 aromatic carbocycles. The Hall–Kier alpha value is -4.39. The van der Waals surface area contributed by atoms with E-state index in [1.54, 1.807) is 50.2 Å². The van der Waals surface area contributed by atoms with E-state index in [1.165, 1.54) is 40.1 Å². The van der Waals surface area contributed by atoms with E-state index in [1.807, 2.05) is 30.3 Å².